The van der Waals surface area contributed by atoms with Gasteiger partial charge in [-0.25, -0.2) is 0 Å². The molecule has 1 saturated heterocycles. The average molecular weight is 303 g/mol. The smallest absolute Gasteiger partial charge is 0.0931 e. The number of rotatable bonds is 5. The van der Waals surface area contributed by atoms with Crippen LogP contribution in [-0.2, 0) is 11.2 Å². The summed E-state index contributed by atoms with van der Waals surface area (Å²) in [5, 5.41) is 3.48. The summed E-state index contributed by atoms with van der Waals surface area (Å²) in [7, 11) is 2.04. The highest BCUT2D eigenvalue weighted by Gasteiger charge is 2.35. The lowest BCUT2D eigenvalue weighted by Crippen LogP contribution is -2.60. The number of halogens is 1. The number of hydrogen-bond donors (Lipinski definition) is 1. The van der Waals surface area contributed by atoms with Gasteiger partial charge in [-0.3, -0.25) is 4.90 Å². The molecule has 1 aliphatic rings. The molecule has 1 fully saturated rings. The van der Waals surface area contributed by atoms with Crippen LogP contribution in [0.15, 0.2) is 12.1 Å². The Bertz CT molecular complexity index is 402. The van der Waals surface area contributed by atoms with Gasteiger partial charge in [0.1, 0.15) is 0 Å². The van der Waals surface area contributed by atoms with Gasteiger partial charge >= 0.3 is 0 Å². The van der Waals surface area contributed by atoms with Crippen LogP contribution in [0.3, 0.4) is 0 Å². The van der Waals surface area contributed by atoms with Crippen LogP contribution in [0.2, 0.25) is 4.34 Å². The number of nitrogens with one attached hydrogen (secondary N) is 1. The largest absolute Gasteiger partial charge is 0.379 e. The van der Waals surface area contributed by atoms with Gasteiger partial charge in [-0.15, -0.1) is 11.3 Å². The van der Waals surface area contributed by atoms with Crippen molar-refractivity contribution >= 4 is 22.9 Å². The highest BCUT2D eigenvalue weighted by atomic mass is 35.5. The van der Waals surface area contributed by atoms with Crippen molar-refractivity contribution in [2.45, 2.75) is 31.8 Å². The summed E-state index contributed by atoms with van der Waals surface area (Å²) in [4.78, 5) is 3.86. The molecular formula is C14H23ClN2OS. The lowest BCUT2D eigenvalue weighted by Gasteiger charge is -2.45. The number of ether oxygens (including phenoxy) is 1. The van der Waals surface area contributed by atoms with E-state index in [0.717, 1.165) is 37.1 Å². The van der Waals surface area contributed by atoms with Crippen molar-refractivity contribution in [1.29, 1.82) is 0 Å². The monoisotopic (exact) mass is 302 g/mol. The fourth-order valence-electron chi connectivity index (χ4n) is 2.73. The van der Waals surface area contributed by atoms with Gasteiger partial charge in [0.25, 0.3) is 0 Å². The van der Waals surface area contributed by atoms with Crippen molar-refractivity contribution in [3.63, 3.8) is 0 Å². The van der Waals surface area contributed by atoms with Gasteiger partial charge in [0.05, 0.1) is 17.6 Å². The fraction of sp³-hybridized carbons (Fsp3) is 0.714. The molecule has 19 heavy (non-hydrogen) atoms. The first-order valence-electron chi connectivity index (χ1n) is 6.78. The molecule has 5 heteroatoms. The number of thiophene rings is 1. The predicted octanol–water partition coefficient (Wildman–Crippen LogP) is 2.64. The zero-order chi connectivity index (χ0) is 13.9. The Balaban J connectivity index is 2.06. The van der Waals surface area contributed by atoms with Crippen LogP contribution in [0.25, 0.3) is 0 Å². The first kappa shape index (κ1) is 15.3. The predicted molar refractivity (Wildman–Crippen MR) is 82.4 cm³/mol. The van der Waals surface area contributed by atoms with Crippen LogP contribution in [0.1, 0.15) is 18.7 Å². The van der Waals surface area contributed by atoms with E-state index in [1.807, 2.05) is 13.1 Å². The third-order valence-electron chi connectivity index (χ3n) is 4.06. The maximum absolute atomic E-state index is 6.02. The second-order valence-corrected chi connectivity index (χ2v) is 7.30. The van der Waals surface area contributed by atoms with Crippen LogP contribution >= 0.6 is 22.9 Å². The zero-order valence-corrected chi connectivity index (χ0v) is 13.5. The molecule has 1 unspecified atom stereocenters. The van der Waals surface area contributed by atoms with E-state index >= 15 is 0 Å². The van der Waals surface area contributed by atoms with Gasteiger partial charge in [-0.2, -0.15) is 0 Å². The van der Waals surface area contributed by atoms with Crippen molar-refractivity contribution in [1.82, 2.24) is 10.2 Å². The Kier molecular flexibility index (Phi) is 5.26. The van der Waals surface area contributed by atoms with E-state index in [2.05, 4.69) is 30.1 Å². The summed E-state index contributed by atoms with van der Waals surface area (Å²) in [6.07, 6.45) is 1.01. The van der Waals surface area contributed by atoms with Gasteiger partial charge in [-0.1, -0.05) is 11.6 Å². The van der Waals surface area contributed by atoms with Gasteiger partial charge in [0.15, 0.2) is 0 Å². The standard InChI is InChI=1S/C14H23ClN2OS/c1-14(2,17-6-8-18-9-7-17)12(16-3)10-11-4-5-13(15)19-11/h4-5,12,16H,6-10H2,1-3H3. The third-order valence-corrected chi connectivity index (χ3v) is 5.31. The Morgan fingerprint density at radius 1 is 1.42 bits per heavy atom. The molecule has 0 bridgehead atoms. The minimum atomic E-state index is 0.106. The maximum atomic E-state index is 6.02. The molecule has 1 aromatic heterocycles. The minimum Gasteiger partial charge on any atom is -0.379 e. The number of hydrogen-bond acceptors (Lipinski definition) is 4. The highest BCUT2D eigenvalue weighted by Crippen LogP contribution is 2.27. The average Bonchev–Trinajstić information content (AvgIpc) is 2.82. The van der Waals surface area contributed by atoms with Gasteiger partial charge in [-0.05, 0) is 39.4 Å². The van der Waals surface area contributed by atoms with E-state index in [1.54, 1.807) is 11.3 Å². The summed E-state index contributed by atoms with van der Waals surface area (Å²) in [5.74, 6) is 0. The molecular weight excluding hydrogens is 280 g/mol. The molecule has 0 radical (unpaired) electrons. The lowest BCUT2D eigenvalue weighted by molar-refractivity contribution is -0.0222. The fourth-order valence-corrected chi connectivity index (χ4v) is 3.86. The molecule has 2 heterocycles. The van der Waals surface area contributed by atoms with E-state index in [0.29, 0.717) is 6.04 Å². The van der Waals surface area contributed by atoms with Gasteiger partial charge in [0, 0.05) is 29.5 Å². The van der Waals surface area contributed by atoms with Crippen molar-refractivity contribution in [2.24, 2.45) is 0 Å². The molecule has 2 rings (SSSR count). The van der Waals surface area contributed by atoms with E-state index < -0.39 is 0 Å². The summed E-state index contributed by atoms with van der Waals surface area (Å²) < 4.78 is 6.32. The molecule has 0 aliphatic carbocycles. The second-order valence-electron chi connectivity index (χ2n) is 5.50. The van der Waals surface area contributed by atoms with Crippen molar-refractivity contribution in [3.05, 3.63) is 21.3 Å². The SMILES string of the molecule is CNC(Cc1ccc(Cl)s1)C(C)(C)N1CCOCC1. The van der Waals surface area contributed by atoms with Crippen molar-refractivity contribution < 1.29 is 4.74 Å². The maximum Gasteiger partial charge on any atom is 0.0931 e. The Morgan fingerprint density at radius 2 is 2.11 bits per heavy atom. The van der Waals surface area contributed by atoms with Gasteiger partial charge < -0.3 is 10.1 Å². The topological polar surface area (TPSA) is 24.5 Å². The molecule has 1 N–H and O–H groups in total. The molecule has 0 amide bonds. The van der Waals surface area contributed by atoms with E-state index in [-0.39, 0.29) is 5.54 Å². The summed E-state index contributed by atoms with van der Waals surface area (Å²) in [6, 6.07) is 4.52. The summed E-state index contributed by atoms with van der Waals surface area (Å²) in [5.41, 5.74) is 0.106. The van der Waals surface area contributed by atoms with Crippen LogP contribution < -0.4 is 5.32 Å². The van der Waals surface area contributed by atoms with Gasteiger partial charge in [0.2, 0.25) is 0 Å². The minimum absolute atomic E-state index is 0.106. The van der Waals surface area contributed by atoms with Crippen LogP contribution in [0, 0.1) is 0 Å². The molecule has 108 valence electrons. The summed E-state index contributed by atoms with van der Waals surface area (Å²) in [6.45, 7) is 8.32. The second kappa shape index (κ2) is 6.55. The Morgan fingerprint density at radius 3 is 2.63 bits per heavy atom. The lowest BCUT2D eigenvalue weighted by atomic mass is 9.89. The van der Waals surface area contributed by atoms with E-state index in [9.17, 15) is 0 Å². The Labute approximate surface area is 124 Å². The first-order chi connectivity index (χ1) is 9.04. The van der Waals surface area contributed by atoms with Crippen LogP contribution in [-0.4, -0.2) is 49.8 Å². The van der Waals surface area contributed by atoms with Crippen LogP contribution in [0.5, 0.6) is 0 Å². The van der Waals surface area contributed by atoms with Crippen LogP contribution in [0.4, 0.5) is 0 Å². The molecule has 0 aromatic carbocycles. The molecule has 3 nitrogen and oxygen atoms in total. The van der Waals surface area contributed by atoms with E-state index in [1.165, 1.54) is 4.88 Å². The molecule has 1 atom stereocenters. The van der Waals surface area contributed by atoms with E-state index in [4.69, 9.17) is 16.3 Å². The zero-order valence-electron chi connectivity index (χ0n) is 11.9. The first-order valence-corrected chi connectivity index (χ1v) is 7.97. The molecule has 1 aliphatic heterocycles. The third kappa shape index (κ3) is 3.70. The quantitative estimate of drug-likeness (QED) is 0.905. The number of likely N-dealkylation sites (N-methyl/N-ethyl adjacent to an activating group) is 1. The molecule has 0 saturated carbocycles. The number of nitrogens with zero attached hydrogens (tertiary/aromatic N) is 1. The normalized spacial score (nSPS) is 19.6. The molecule has 0 spiro atoms. The molecule has 1 aromatic rings. The van der Waals surface area contributed by atoms with Crippen molar-refractivity contribution in [3.8, 4) is 0 Å². The Hall–Kier alpha value is -0.130. The summed E-state index contributed by atoms with van der Waals surface area (Å²) >= 11 is 7.70. The van der Waals surface area contributed by atoms with Crippen molar-refractivity contribution in [2.75, 3.05) is 33.4 Å². The number of morpholine rings is 1. The highest BCUT2D eigenvalue weighted by molar-refractivity contribution is 7.16.